The van der Waals surface area contributed by atoms with Crippen LogP contribution in [0.15, 0.2) is 42.5 Å². The van der Waals surface area contributed by atoms with E-state index in [1.165, 1.54) is 16.3 Å². The van der Waals surface area contributed by atoms with Crippen LogP contribution in [0.1, 0.15) is 18.0 Å². The molecule has 1 N–H and O–H groups in total. The summed E-state index contributed by atoms with van der Waals surface area (Å²) in [4.78, 5) is 11.2. The largest absolute Gasteiger partial charge is 0.449 e. The minimum absolute atomic E-state index is 0. The van der Waals surface area contributed by atoms with E-state index in [-0.39, 0.29) is 24.5 Å². The lowest BCUT2D eigenvalue weighted by molar-refractivity contribution is 0.116. The van der Waals surface area contributed by atoms with E-state index >= 15 is 0 Å². The van der Waals surface area contributed by atoms with Crippen molar-refractivity contribution in [2.75, 3.05) is 6.61 Å². The summed E-state index contributed by atoms with van der Waals surface area (Å²) in [5.74, 6) is 0. The van der Waals surface area contributed by atoms with Gasteiger partial charge < -0.3 is 10.1 Å². The average molecular weight is 264 g/mol. The molecule has 0 radical (unpaired) electrons. The predicted molar refractivity (Wildman–Crippen MR) is 73.0 cm³/mol. The third kappa shape index (κ3) is 2.27. The van der Waals surface area contributed by atoms with Crippen molar-refractivity contribution in [3.63, 3.8) is 0 Å². The van der Waals surface area contributed by atoms with Gasteiger partial charge in [-0.1, -0.05) is 42.5 Å². The molecular formula is C14H14ClNO2. The Balaban J connectivity index is 0.00000120. The smallest absolute Gasteiger partial charge is 0.407 e. The van der Waals surface area contributed by atoms with Crippen molar-refractivity contribution in [3.05, 3.63) is 48.0 Å². The summed E-state index contributed by atoms with van der Waals surface area (Å²) in [6.45, 7) is 0.486. The Morgan fingerprint density at radius 1 is 1.11 bits per heavy atom. The van der Waals surface area contributed by atoms with Gasteiger partial charge in [-0.25, -0.2) is 4.79 Å². The molecule has 94 valence electrons. The highest BCUT2D eigenvalue weighted by molar-refractivity contribution is 5.86. The molecule has 2 aromatic rings. The minimum Gasteiger partial charge on any atom is -0.449 e. The molecule has 0 spiro atoms. The van der Waals surface area contributed by atoms with Crippen molar-refractivity contribution in [1.82, 2.24) is 5.32 Å². The Bertz CT molecular complexity index is 565. The van der Waals surface area contributed by atoms with Crippen LogP contribution in [0.25, 0.3) is 10.8 Å². The number of nitrogens with one attached hydrogen (secondary N) is 1. The number of carbonyl (C=O) groups excluding carboxylic acids is 1. The molecule has 0 bridgehead atoms. The number of hydrogen-bond donors (Lipinski definition) is 1. The lowest BCUT2D eigenvalue weighted by Crippen LogP contribution is -2.35. The second-order valence-corrected chi connectivity index (χ2v) is 4.19. The zero-order valence-corrected chi connectivity index (χ0v) is 10.6. The lowest BCUT2D eigenvalue weighted by Gasteiger charge is -2.24. The zero-order chi connectivity index (χ0) is 11.7. The highest BCUT2D eigenvalue weighted by Gasteiger charge is 2.21. The summed E-state index contributed by atoms with van der Waals surface area (Å²) in [5, 5.41) is 5.26. The van der Waals surface area contributed by atoms with Gasteiger partial charge in [-0.15, -0.1) is 12.4 Å². The number of rotatable bonds is 1. The number of amides is 1. The first-order valence-corrected chi connectivity index (χ1v) is 5.75. The number of cyclic esters (lactones) is 1. The molecular weight excluding hydrogens is 250 g/mol. The van der Waals surface area contributed by atoms with Crippen molar-refractivity contribution < 1.29 is 9.53 Å². The molecule has 0 saturated carbocycles. The van der Waals surface area contributed by atoms with Crippen LogP contribution in [0.2, 0.25) is 0 Å². The summed E-state index contributed by atoms with van der Waals surface area (Å²) in [6.07, 6.45) is 0.494. The van der Waals surface area contributed by atoms with Gasteiger partial charge in [0, 0.05) is 6.42 Å². The number of alkyl carbamates (subject to hydrolysis) is 1. The molecule has 0 aromatic heterocycles. The van der Waals surface area contributed by atoms with E-state index in [2.05, 4.69) is 29.6 Å². The molecule has 1 saturated heterocycles. The molecule has 1 heterocycles. The van der Waals surface area contributed by atoms with Gasteiger partial charge in [0.2, 0.25) is 0 Å². The maximum absolute atomic E-state index is 11.2. The van der Waals surface area contributed by atoms with Gasteiger partial charge in [0.15, 0.2) is 0 Å². The van der Waals surface area contributed by atoms with Gasteiger partial charge in [-0.05, 0) is 16.3 Å². The van der Waals surface area contributed by atoms with Gasteiger partial charge in [0.1, 0.15) is 0 Å². The van der Waals surface area contributed by atoms with Crippen LogP contribution in [-0.4, -0.2) is 12.7 Å². The summed E-state index contributed by atoms with van der Waals surface area (Å²) < 4.78 is 4.89. The van der Waals surface area contributed by atoms with Gasteiger partial charge in [-0.3, -0.25) is 0 Å². The van der Waals surface area contributed by atoms with Gasteiger partial charge in [-0.2, -0.15) is 0 Å². The van der Waals surface area contributed by atoms with Crippen LogP contribution in [-0.2, 0) is 4.74 Å². The summed E-state index contributed by atoms with van der Waals surface area (Å²) in [6, 6.07) is 14.5. The number of halogens is 1. The minimum atomic E-state index is -0.325. The van der Waals surface area contributed by atoms with E-state index in [0.29, 0.717) is 6.61 Å². The first-order chi connectivity index (χ1) is 8.34. The number of fused-ring (bicyclic) bond motifs is 1. The van der Waals surface area contributed by atoms with Crippen LogP contribution < -0.4 is 5.32 Å². The fraction of sp³-hybridized carbons (Fsp3) is 0.214. The van der Waals surface area contributed by atoms with Crippen LogP contribution in [0.5, 0.6) is 0 Å². The first kappa shape index (κ1) is 12.7. The van der Waals surface area contributed by atoms with Crippen LogP contribution in [0.4, 0.5) is 4.79 Å². The van der Waals surface area contributed by atoms with Gasteiger partial charge in [0.05, 0.1) is 12.6 Å². The Morgan fingerprint density at radius 2 is 1.89 bits per heavy atom. The summed E-state index contributed by atoms with van der Waals surface area (Å²) in [5.41, 5.74) is 1.17. The molecule has 1 atom stereocenters. The molecule has 1 fully saturated rings. The van der Waals surface area contributed by atoms with Crippen LogP contribution >= 0.6 is 12.4 Å². The van der Waals surface area contributed by atoms with E-state index in [1.54, 1.807) is 0 Å². The van der Waals surface area contributed by atoms with Crippen molar-refractivity contribution in [2.24, 2.45) is 0 Å². The third-order valence-corrected chi connectivity index (χ3v) is 3.13. The monoisotopic (exact) mass is 263 g/mol. The molecule has 0 aliphatic carbocycles. The van der Waals surface area contributed by atoms with Gasteiger partial charge in [0.25, 0.3) is 0 Å². The molecule has 2 aromatic carbocycles. The topological polar surface area (TPSA) is 38.3 Å². The second-order valence-electron chi connectivity index (χ2n) is 4.19. The predicted octanol–water partition coefficient (Wildman–Crippen LogP) is 3.43. The maximum atomic E-state index is 11.2. The Kier molecular flexibility index (Phi) is 3.72. The van der Waals surface area contributed by atoms with E-state index < -0.39 is 0 Å². The number of hydrogen-bond acceptors (Lipinski definition) is 2. The van der Waals surface area contributed by atoms with Crippen molar-refractivity contribution in [1.29, 1.82) is 0 Å². The van der Waals surface area contributed by atoms with Crippen LogP contribution in [0.3, 0.4) is 0 Å². The molecule has 3 rings (SSSR count). The lowest BCUT2D eigenvalue weighted by atomic mass is 9.96. The normalized spacial score (nSPS) is 18.7. The zero-order valence-electron chi connectivity index (χ0n) is 9.76. The molecule has 1 amide bonds. The van der Waals surface area contributed by atoms with Crippen molar-refractivity contribution in [3.8, 4) is 0 Å². The van der Waals surface area contributed by atoms with Crippen LogP contribution in [0, 0.1) is 0 Å². The highest BCUT2D eigenvalue weighted by atomic mass is 35.5. The average Bonchev–Trinajstić information content (AvgIpc) is 2.38. The Morgan fingerprint density at radius 3 is 2.72 bits per heavy atom. The van der Waals surface area contributed by atoms with E-state index in [0.717, 1.165) is 6.42 Å². The second kappa shape index (κ2) is 5.27. The highest BCUT2D eigenvalue weighted by Crippen LogP contribution is 2.27. The number of ether oxygens (including phenoxy) is 1. The SMILES string of the molecule is Cl.O=C1N[C@H](c2cccc3ccccc23)CCO1. The fourth-order valence-corrected chi connectivity index (χ4v) is 2.31. The standard InChI is InChI=1S/C14H13NO2.ClH/c16-14-15-13(8-9-17-14)12-7-3-5-10-4-1-2-6-11(10)12;/h1-7,13H,8-9H2,(H,15,16);1H/t13-;/m0./s1. The Labute approximate surface area is 112 Å². The molecule has 4 heteroatoms. The molecule has 18 heavy (non-hydrogen) atoms. The Hall–Kier alpha value is -1.74. The molecule has 1 aliphatic heterocycles. The van der Waals surface area contributed by atoms with Gasteiger partial charge >= 0.3 is 6.09 Å². The quantitative estimate of drug-likeness (QED) is 0.856. The third-order valence-electron chi connectivity index (χ3n) is 3.13. The summed E-state index contributed by atoms with van der Waals surface area (Å²) in [7, 11) is 0. The van der Waals surface area contributed by atoms with E-state index in [4.69, 9.17) is 4.74 Å². The van der Waals surface area contributed by atoms with E-state index in [1.807, 2.05) is 18.2 Å². The number of benzene rings is 2. The molecule has 1 aliphatic rings. The maximum Gasteiger partial charge on any atom is 0.407 e. The molecule has 0 unspecified atom stereocenters. The summed E-state index contributed by atoms with van der Waals surface area (Å²) >= 11 is 0. The van der Waals surface area contributed by atoms with Crippen molar-refractivity contribution >= 4 is 29.3 Å². The van der Waals surface area contributed by atoms with E-state index in [9.17, 15) is 4.79 Å². The number of carbonyl (C=O) groups is 1. The van der Waals surface area contributed by atoms with Crippen molar-refractivity contribution in [2.45, 2.75) is 12.5 Å². The first-order valence-electron chi connectivity index (χ1n) is 5.75. The fourth-order valence-electron chi connectivity index (χ4n) is 2.31. The molecule has 3 nitrogen and oxygen atoms in total.